The maximum atomic E-state index is 11.8. The van der Waals surface area contributed by atoms with Gasteiger partial charge in [0.1, 0.15) is 12.4 Å². The number of benzene rings is 2. The number of ether oxygens (including phenoxy) is 1. The molecule has 2 aromatic rings. The van der Waals surface area contributed by atoms with E-state index in [1.54, 1.807) is 11.8 Å². The molecule has 0 atom stereocenters. The quantitative estimate of drug-likeness (QED) is 0.696. The number of aryl methyl sites for hydroxylation is 2. The lowest BCUT2D eigenvalue weighted by atomic mass is 10.1. The van der Waals surface area contributed by atoms with Crippen molar-refractivity contribution in [1.29, 1.82) is 0 Å². The van der Waals surface area contributed by atoms with Gasteiger partial charge in [-0.15, -0.1) is 0 Å². The molecule has 0 bridgehead atoms. The fraction of sp³-hybridized carbons (Fsp3) is 0.350. The molecule has 0 aliphatic rings. The van der Waals surface area contributed by atoms with Crippen LogP contribution in [0.1, 0.15) is 23.1 Å². The summed E-state index contributed by atoms with van der Waals surface area (Å²) >= 11 is 1.78. The van der Waals surface area contributed by atoms with E-state index in [1.165, 1.54) is 11.1 Å². The topological polar surface area (TPSA) is 38.3 Å². The van der Waals surface area contributed by atoms with E-state index in [9.17, 15) is 4.79 Å². The standard InChI is InChI=1S/C20H25NO2S/c1-16-8-9-17(2)19(14-16)23-12-11-21-20(22)10-13-24-15-18-6-4-3-5-7-18/h3-9,14H,10-13,15H2,1-2H3,(H,21,22). The molecule has 0 unspecified atom stereocenters. The van der Waals surface area contributed by atoms with Crippen molar-refractivity contribution >= 4 is 17.7 Å². The van der Waals surface area contributed by atoms with Crippen LogP contribution in [0.25, 0.3) is 0 Å². The Bertz CT molecular complexity index is 643. The first-order valence-electron chi connectivity index (χ1n) is 8.23. The molecule has 1 N–H and O–H groups in total. The van der Waals surface area contributed by atoms with Gasteiger partial charge in [-0.05, 0) is 36.6 Å². The monoisotopic (exact) mass is 343 g/mol. The van der Waals surface area contributed by atoms with Crippen LogP contribution in [0, 0.1) is 13.8 Å². The van der Waals surface area contributed by atoms with E-state index in [4.69, 9.17) is 4.74 Å². The average Bonchev–Trinajstić information content (AvgIpc) is 2.59. The predicted molar refractivity (Wildman–Crippen MR) is 102 cm³/mol. The van der Waals surface area contributed by atoms with Gasteiger partial charge in [-0.3, -0.25) is 4.79 Å². The van der Waals surface area contributed by atoms with E-state index in [1.807, 2.05) is 44.2 Å². The molecule has 3 nitrogen and oxygen atoms in total. The summed E-state index contributed by atoms with van der Waals surface area (Å²) in [5.41, 5.74) is 3.59. The van der Waals surface area contributed by atoms with Crippen molar-refractivity contribution in [1.82, 2.24) is 5.32 Å². The Kier molecular flexibility index (Phi) is 7.69. The molecule has 0 aromatic heterocycles. The Hall–Kier alpha value is -1.94. The Morgan fingerprint density at radius 2 is 1.92 bits per heavy atom. The largest absolute Gasteiger partial charge is 0.491 e. The summed E-state index contributed by atoms with van der Waals surface area (Å²) in [6.45, 7) is 5.10. The van der Waals surface area contributed by atoms with Gasteiger partial charge in [0.25, 0.3) is 0 Å². The summed E-state index contributed by atoms with van der Waals surface area (Å²) in [6, 6.07) is 16.5. The van der Waals surface area contributed by atoms with Gasteiger partial charge in [-0.25, -0.2) is 0 Å². The number of nitrogens with one attached hydrogen (secondary N) is 1. The van der Waals surface area contributed by atoms with Crippen molar-refractivity contribution in [3.63, 3.8) is 0 Å². The maximum absolute atomic E-state index is 11.8. The van der Waals surface area contributed by atoms with Crippen LogP contribution in [-0.2, 0) is 10.5 Å². The minimum Gasteiger partial charge on any atom is -0.491 e. The van der Waals surface area contributed by atoms with Crippen LogP contribution < -0.4 is 10.1 Å². The molecular weight excluding hydrogens is 318 g/mol. The number of hydrogen-bond acceptors (Lipinski definition) is 3. The first kappa shape index (κ1) is 18.4. The third-order valence-corrected chi connectivity index (χ3v) is 4.64. The van der Waals surface area contributed by atoms with Gasteiger partial charge >= 0.3 is 0 Å². The summed E-state index contributed by atoms with van der Waals surface area (Å²) < 4.78 is 5.73. The highest BCUT2D eigenvalue weighted by molar-refractivity contribution is 7.98. The maximum Gasteiger partial charge on any atom is 0.220 e. The van der Waals surface area contributed by atoms with Gasteiger partial charge in [0.2, 0.25) is 5.91 Å². The van der Waals surface area contributed by atoms with Gasteiger partial charge in [-0.1, -0.05) is 42.5 Å². The summed E-state index contributed by atoms with van der Waals surface area (Å²) in [4.78, 5) is 11.8. The molecule has 0 spiro atoms. The van der Waals surface area contributed by atoms with E-state index >= 15 is 0 Å². The zero-order valence-electron chi connectivity index (χ0n) is 14.4. The van der Waals surface area contributed by atoms with Gasteiger partial charge < -0.3 is 10.1 Å². The number of rotatable bonds is 9. The van der Waals surface area contributed by atoms with Crippen LogP contribution >= 0.6 is 11.8 Å². The first-order chi connectivity index (χ1) is 11.6. The Balaban J connectivity index is 1.56. The van der Waals surface area contributed by atoms with Crippen LogP contribution in [0.15, 0.2) is 48.5 Å². The van der Waals surface area contributed by atoms with Crippen LogP contribution in [0.4, 0.5) is 0 Å². The average molecular weight is 343 g/mol. The normalized spacial score (nSPS) is 10.4. The number of carbonyl (C=O) groups excluding carboxylic acids is 1. The Labute approximate surface area is 148 Å². The minimum absolute atomic E-state index is 0.0834. The first-order valence-corrected chi connectivity index (χ1v) is 9.39. The van der Waals surface area contributed by atoms with Crippen LogP contribution in [0.2, 0.25) is 0 Å². The van der Waals surface area contributed by atoms with E-state index in [0.717, 1.165) is 22.8 Å². The van der Waals surface area contributed by atoms with Gasteiger partial charge in [0, 0.05) is 17.9 Å². The summed E-state index contributed by atoms with van der Waals surface area (Å²) in [5, 5.41) is 2.91. The van der Waals surface area contributed by atoms with Crippen molar-refractivity contribution in [2.45, 2.75) is 26.0 Å². The van der Waals surface area contributed by atoms with Crippen LogP contribution in [0.5, 0.6) is 5.75 Å². The SMILES string of the molecule is Cc1ccc(C)c(OCCNC(=O)CCSCc2ccccc2)c1. The molecule has 1 amide bonds. The van der Waals surface area contributed by atoms with E-state index in [-0.39, 0.29) is 5.91 Å². The molecule has 0 fully saturated rings. The van der Waals surface area contributed by atoms with Crippen molar-refractivity contribution < 1.29 is 9.53 Å². The molecule has 0 aliphatic carbocycles. The highest BCUT2D eigenvalue weighted by Gasteiger charge is 2.03. The zero-order chi connectivity index (χ0) is 17.2. The highest BCUT2D eigenvalue weighted by Crippen LogP contribution is 2.18. The molecule has 2 aromatic carbocycles. The molecule has 24 heavy (non-hydrogen) atoms. The van der Waals surface area contributed by atoms with Crippen LogP contribution in [0.3, 0.4) is 0 Å². The molecule has 0 heterocycles. The lowest BCUT2D eigenvalue weighted by Crippen LogP contribution is -2.28. The van der Waals surface area contributed by atoms with E-state index in [0.29, 0.717) is 19.6 Å². The zero-order valence-corrected chi connectivity index (χ0v) is 15.2. The van der Waals surface area contributed by atoms with Crippen molar-refractivity contribution in [2.75, 3.05) is 18.9 Å². The van der Waals surface area contributed by atoms with E-state index in [2.05, 4.69) is 23.5 Å². The Morgan fingerprint density at radius 3 is 2.71 bits per heavy atom. The van der Waals surface area contributed by atoms with Crippen molar-refractivity contribution in [3.05, 3.63) is 65.2 Å². The van der Waals surface area contributed by atoms with Crippen molar-refractivity contribution in [2.24, 2.45) is 0 Å². The molecule has 0 saturated carbocycles. The number of thioether (sulfide) groups is 1. The second-order valence-corrected chi connectivity index (χ2v) is 6.86. The molecular formula is C20H25NO2S. The fourth-order valence-electron chi connectivity index (χ4n) is 2.23. The summed E-state index contributed by atoms with van der Waals surface area (Å²) in [5.74, 6) is 2.76. The van der Waals surface area contributed by atoms with E-state index < -0.39 is 0 Å². The van der Waals surface area contributed by atoms with Gasteiger partial charge in [0.05, 0.1) is 6.54 Å². The van der Waals surface area contributed by atoms with Gasteiger partial charge in [0.15, 0.2) is 0 Å². The van der Waals surface area contributed by atoms with Crippen molar-refractivity contribution in [3.8, 4) is 5.75 Å². The third-order valence-electron chi connectivity index (χ3n) is 3.61. The van der Waals surface area contributed by atoms with Gasteiger partial charge in [-0.2, -0.15) is 11.8 Å². The molecule has 2 rings (SSSR count). The minimum atomic E-state index is 0.0834. The number of hydrogen-bond donors (Lipinski definition) is 1. The molecule has 128 valence electrons. The molecule has 4 heteroatoms. The highest BCUT2D eigenvalue weighted by atomic mass is 32.2. The second-order valence-electron chi connectivity index (χ2n) is 5.76. The lowest BCUT2D eigenvalue weighted by molar-refractivity contribution is -0.120. The Morgan fingerprint density at radius 1 is 1.12 bits per heavy atom. The second kappa shape index (κ2) is 10.0. The fourth-order valence-corrected chi connectivity index (χ4v) is 3.13. The lowest BCUT2D eigenvalue weighted by Gasteiger charge is -2.10. The molecule has 0 aliphatic heterocycles. The number of carbonyl (C=O) groups is 1. The summed E-state index contributed by atoms with van der Waals surface area (Å²) in [6.07, 6.45) is 0.543. The summed E-state index contributed by atoms with van der Waals surface area (Å²) in [7, 11) is 0. The smallest absolute Gasteiger partial charge is 0.220 e. The number of amides is 1. The molecule has 0 saturated heterocycles. The molecule has 0 radical (unpaired) electrons. The third kappa shape index (κ3) is 6.67. The predicted octanol–water partition coefficient (Wildman–Crippen LogP) is 4.12. The van der Waals surface area contributed by atoms with Crippen LogP contribution in [-0.4, -0.2) is 24.8 Å².